The van der Waals surface area contributed by atoms with Gasteiger partial charge in [-0.1, -0.05) is 24.8 Å². The lowest BCUT2D eigenvalue weighted by molar-refractivity contribution is -0.142. The molecule has 0 amide bonds. The number of esters is 1. The fourth-order valence-corrected chi connectivity index (χ4v) is 1.24. The summed E-state index contributed by atoms with van der Waals surface area (Å²) in [5, 5.41) is 0. The molecule has 3 nitrogen and oxygen atoms in total. The summed E-state index contributed by atoms with van der Waals surface area (Å²) in [6.45, 7) is 6.26. The van der Waals surface area contributed by atoms with Gasteiger partial charge in [0.15, 0.2) is 0 Å². The van der Waals surface area contributed by atoms with Gasteiger partial charge >= 0.3 is 5.97 Å². The minimum atomic E-state index is -0.206. The largest absolute Gasteiger partial charge is 0.490 e. The second-order valence-corrected chi connectivity index (χ2v) is 3.23. The molecule has 0 N–H and O–H groups in total. The summed E-state index contributed by atoms with van der Waals surface area (Å²) < 4.78 is 10.2. The SMILES string of the molecule is C=CCOc1ccc(CC(=O)OCC)cc1. The summed E-state index contributed by atoms with van der Waals surface area (Å²) in [4.78, 5) is 11.2. The van der Waals surface area contributed by atoms with Crippen molar-refractivity contribution in [2.75, 3.05) is 13.2 Å². The van der Waals surface area contributed by atoms with Crippen LogP contribution >= 0.6 is 0 Å². The van der Waals surface area contributed by atoms with E-state index in [0.29, 0.717) is 19.6 Å². The third-order valence-electron chi connectivity index (χ3n) is 1.94. The number of benzene rings is 1. The van der Waals surface area contributed by atoms with E-state index in [1.807, 2.05) is 24.3 Å². The summed E-state index contributed by atoms with van der Waals surface area (Å²) >= 11 is 0. The van der Waals surface area contributed by atoms with E-state index in [4.69, 9.17) is 9.47 Å². The molecule has 1 aromatic carbocycles. The summed E-state index contributed by atoms with van der Waals surface area (Å²) in [6, 6.07) is 7.38. The quantitative estimate of drug-likeness (QED) is 0.545. The monoisotopic (exact) mass is 220 g/mol. The van der Waals surface area contributed by atoms with Crippen molar-refractivity contribution in [2.45, 2.75) is 13.3 Å². The molecule has 3 heteroatoms. The van der Waals surface area contributed by atoms with Crippen molar-refractivity contribution in [2.24, 2.45) is 0 Å². The van der Waals surface area contributed by atoms with Gasteiger partial charge in [0, 0.05) is 0 Å². The molecule has 16 heavy (non-hydrogen) atoms. The molecular weight excluding hydrogens is 204 g/mol. The average Bonchev–Trinajstić information content (AvgIpc) is 2.28. The highest BCUT2D eigenvalue weighted by Crippen LogP contribution is 2.12. The standard InChI is InChI=1S/C13H16O3/c1-3-9-16-12-7-5-11(6-8-12)10-13(14)15-4-2/h3,5-8H,1,4,9-10H2,2H3. The minimum absolute atomic E-state index is 0.206. The molecular formula is C13H16O3. The Hall–Kier alpha value is -1.77. The first kappa shape index (κ1) is 12.3. The number of ether oxygens (including phenoxy) is 2. The van der Waals surface area contributed by atoms with Crippen LogP contribution in [0.25, 0.3) is 0 Å². The Morgan fingerprint density at radius 2 is 2.06 bits per heavy atom. The summed E-state index contributed by atoms with van der Waals surface area (Å²) in [5.41, 5.74) is 0.921. The van der Waals surface area contributed by atoms with Crippen LogP contribution in [0, 0.1) is 0 Å². The van der Waals surface area contributed by atoms with E-state index in [-0.39, 0.29) is 5.97 Å². The third-order valence-corrected chi connectivity index (χ3v) is 1.94. The molecule has 1 rings (SSSR count). The number of rotatable bonds is 6. The van der Waals surface area contributed by atoms with Crippen molar-refractivity contribution in [3.05, 3.63) is 42.5 Å². The predicted molar refractivity (Wildman–Crippen MR) is 62.5 cm³/mol. The molecule has 1 aromatic rings. The minimum Gasteiger partial charge on any atom is -0.490 e. The highest BCUT2D eigenvalue weighted by atomic mass is 16.5. The molecule has 0 saturated carbocycles. The highest BCUT2D eigenvalue weighted by molar-refractivity contribution is 5.72. The Labute approximate surface area is 95.7 Å². The lowest BCUT2D eigenvalue weighted by atomic mass is 10.1. The van der Waals surface area contributed by atoms with E-state index in [1.54, 1.807) is 13.0 Å². The fourth-order valence-electron chi connectivity index (χ4n) is 1.24. The van der Waals surface area contributed by atoms with E-state index in [0.717, 1.165) is 11.3 Å². The lowest BCUT2D eigenvalue weighted by Gasteiger charge is -2.05. The third kappa shape index (κ3) is 4.17. The molecule has 0 radical (unpaired) electrons. The summed E-state index contributed by atoms with van der Waals surface area (Å²) in [6.07, 6.45) is 1.99. The number of hydrogen-bond donors (Lipinski definition) is 0. The van der Waals surface area contributed by atoms with Gasteiger partial charge in [0.2, 0.25) is 0 Å². The van der Waals surface area contributed by atoms with Crippen molar-refractivity contribution in [3.63, 3.8) is 0 Å². The Morgan fingerprint density at radius 1 is 1.38 bits per heavy atom. The molecule has 0 aliphatic carbocycles. The smallest absolute Gasteiger partial charge is 0.310 e. The second-order valence-electron chi connectivity index (χ2n) is 3.23. The van der Waals surface area contributed by atoms with Crippen LogP contribution in [-0.2, 0) is 16.0 Å². The van der Waals surface area contributed by atoms with E-state index in [1.165, 1.54) is 0 Å². The molecule has 0 atom stereocenters. The van der Waals surface area contributed by atoms with Crippen molar-refractivity contribution in [1.29, 1.82) is 0 Å². The van der Waals surface area contributed by atoms with Gasteiger partial charge in [-0.2, -0.15) is 0 Å². The Balaban J connectivity index is 2.50. The maximum atomic E-state index is 11.2. The van der Waals surface area contributed by atoms with Crippen LogP contribution in [0.5, 0.6) is 5.75 Å². The average molecular weight is 220 g/mol. The van der Waals surface area contributed by atoms with Gasteiger partial charge in [0.05, 0.1) is 13.0 Å². The van der Waals surface area contributed by atoms with Gasteiger partial charge in [-0.25, -0.2) is 0 Å². The Bertz CT molecular complexity index is 341. The van der Waals surface area contributed by atoms with Crippen molar-refractivity contribution >= 4 is 5.97 Å². The molecule has 0 aliphatic heterocycles. The van der Waals surface area contributed by atoms with Gasteiger partial charge < -0.3 is 9.47 Å². The van der Waals surface area contributed by atoms with Crippen LogP contribution < -0.4 is 4.74 Å². The van der Waals surface area contributed by atoms with Crippen molar-refractivity contribution < 1.29 is 14.3 Å². The van der Waals surface area contributed by atoms with E-state index in [9.17, 15) is 4.79 Å². The van der Waals surface area contributed by atoms with Crippen LogP contribution in [0.4, 0.5) is 0 Å². The topological polar surface area (TPSA) is 35.5 Å². The second kappa shape index (κ2) is 6.67. The van der Waals surface area contributed by atoms with Crippen LogP contribution in [0.1, 0.15) is 12.5 Å². The van der Waals surface area contributed by atoms with Crippen LogP contribution in [0.15, 0.2) is 36.9 Å². The number of carbonyl (C=O) groups excluding carboxylic acids is 1. The van der Waals surface area contributed by atoms with E-state index >= 15 is 0 Å². The predicted octanol–water partition coefficient (Wildman–Crippen LogP) is 2.36. The molecule has 0 spiro atoms. The lowest BCUT2D eigenvalue weighted by Crippen LogP contribution is -2.07. The van der Waals surface area contributed by atoms with Gasteiger partial charge in [-0.15, -0.1) is 0 Å². The van der Waals surface area contributed by atoms with Crippen LogP contribution in [0.3, 0.4) is 0 Å². The first-order valence-electron chi connectivity index (χ1n) is 5.24. The van der Waals surface area contributed by atoms with Gasteiger partial charge in [0.25, 0.3) is 0 Å². The molecule has 86 valence electrons. The Morgan fingerprint density at radius 3 is 2.62 bits per heavy atom. The first-order valence-corrected chi connectivity index (χ1v) is 5.24. The number of carbonyl (C=O) groups is 1. The van der Waals surface area contributed by atoms with Gasteiger partial charge in [0.1, 0.15) is 12.4 Å². The molecule has 0 aliphatic rings. The normalized spacial score (nSPS) is 9.56. The molecule has 0 heterocycles. The van der Waals surface area contributed by atoms with Crippen LogP contribution in [-0.4, -0.2) is 19.2 Å². The molecule has 0 bridgehead atoms. The van der Waals surface area contributed by atoms with E-state index < -0.39 is 0 Å². The first-order chi connectivity index (χ1) is 7.76. The molecule has 0 unspecified atom stereocenters. The number of hydrogen-bond acceptors (Lipinski definition) is 3. The molecule has 0 fully saturated rings. The fraction of sp³-hybridized carbons (Fsp3) is 0.308. The maximum Gasteiger partial charge on any atom is 0.310 e. The summed E-state index contributed by atoms with van der Waals surface area (Å²) in [7, 11) is 0. The zero-order valence-corrected chi connectivity index (χ0v) is 9.44. The molecule has 0 aromatic heterocycles. The van der Waals surface area contributed by atoms with Gasteiger partial charge in [-0.05, 0) is 24.6 Å². The van der Waals surface area contributed by atoms with E-state index in [2.05, 4.69) is 6.58 Å². The van der Waals surface area contributed by atoms with Gasteiger partial charge in [-0.3, -0.25) is 4.79 Å². The van der Waals surface area contributed by atoms with Crippen molar-refractivity contribution in [3.8, 4) is 5.75 Å². The molecule has 0 saturated heterocycles. The zero-order valence-electron chi connectivity index (χ0n) is 9.44. The highest BCUT2D eigenvalue weighted by Gasteiger charge is 2.03. The maximum absolute atomic E-state index is 11.2. The summed E-state index contributed by atoms with van der Waals surface area (Å²) in [5.74, 6) is 0.565. The van der Waals surface area contributed by atoms with Crippen LogP contribution in [0.2, 0.25) is 0 Å². The van der Waals surface area contributed by atoms with Crippen molar-refractivity contribution in [1.82, 2.24) is 0 Å². The Kier molecular flexibility index (Phi) is 5.12. The zero-order chi connectivity index (χ0) is 11.8.